The fourth-order valence-corrected chi connectivity index (χ4v) is 6.06. The quantitative estimate of drug-likeness (QED) is 0.540. The van der Waals surface area contributed by atoms with Gasteiger partial charge in [-0.1, -0.05) is 43.8 Å². The molecule has 1 aromatic heterocycles. The molecule has 3 rings (SSSR count). The van der Waals surface area contributed by atoms with Crippen LogP contribution in [0.15, 0.2) is 57.8 Å². The van der Waals surface area contributed by atoms with E-state index < -0.39 is 10.0 Å². The molecule has 9 heteroatoms. The monoisotopic (exact) mass is 435 g/mol. The van der Waals surface area contributed by atoms with Crippen LogP contribution in [0.2, 0.25) is 0 Å². The van der Waals surface area contributed by atoms with Crippen LogP contribution in [0, 0.1) is 0 Å². The zero-order valence-corrected chi connectivity index (χ0v) is 18.0. The average Bonchev–Trinajstić information content (AvgIpc) is 3.10. The van der Waals surface area contributed by atoms with Gasteiger partial charge in [-0.15, -0.1) is 11.3 Å². The smallest absolute Gasteiger partial charge is 0.243 e. The van der Waals surface area contributed by atoms with Crippen molar-refractivity contribution in [3.8, 4) is 0 Å². The third-order valence-electron chi connectivity index (χ3n) is 4.06. The van der Waals surface area contributed by atoms with Crippen LogP contribution in [0.3, 0.4) is 0 Å². The van der Waals surface area contributed by atoms with Gasteiger partial charge in [-0.25, -0.2) is 13.4 Å². The van der Waals surface area contributed by atoms with Crippen LogP contribution in [0.5, 0.6) is 0 Å². The van der Waals surface area contributed by atoms with E-state index in [-0.39, 0.29) is 16.6 Å². The van der Waals surface area contributed by atoms with Gasteiger partial charge in [0, 0.05) is 18.8 Å². The molecule has 3 aromatic rings. The molecule has 1 heterocycles. The summed E-state index contributed by atoms with van der Waals surface area (Å²) < 4.78 is 28.6. The van der Waals surface area contributed by atoms with Crippen LogP contribution in [0.4, 0.5) is 5.69 Å². The second-order valence-corrected chi connectivity index (χ2v) is 10.1. The zero-order chi connectivity index (χ0) is 20.1. The number of benzene rings is 2. The van der Waals surface area contributed by atoms with E-state index in [0.717, 1.165) is 14.6 Å². The molecule has 0 aliphatic rings. The third-order valence-corrected chi connectivity index (χ3v) is 8.29. The van der Waals surface area contributed by atoms with Gasteiger partial charge in [0.15, 0.2) is 4.34 Å². The molecule has 1 amide bonds. The number of aromatic nitrogens is 1. The van der Waals surface area contributed by atoms with Crippen LogP contribution < -0.4 is 5.32 Å². The highest BCUT2D eigenvalue weighted by atomic mass is 32.2. The lowest BCUT2D eigenvalue weighted by Crippen LogP contribution is -2.30. The van der Waals surface area contributed by atoms with E-state index in [1.165, 1.54) is 22.1 Å². The number of nitrogens with zero attached hydrogens (tertiary/aromatic N) is 2. The molecule has 28 heavy (non-hydrogen) atoms. The van der Waals surface area contributed by atoms with Gasteiger partial charge in [-0.2, -0.15) is 4.31 Å². The largest absolute Gasteiger partial charge is 0.325 e. The first-order chi connectivity index (χ1) is 13.4. The number of carbonyl (C=O) groups is 1. The Balaban J connectivity index is 1.65. The van der Waals surface area contributed by atoms with Gasteiger partial charge in [0.05, 0.1) is 20.9 Å². The second-order valence-electron chi connectivity index (χ2n) is 5.90. The van der Waals surface area contributed by atoms with Gasteiger partial charge in [-0.3, -0.25) is 4.79 Å². The molecule has 1 N–H and O–H groups in total. The van der Waals surface area contributed by atoms with Crippen LogP contribution in [0.25, 0.3) is 10.2 Å². The molecule has 0 atom stereocenters. The van der Waals surface area contributed by atoms with Crippen molar-refractivity contribution in [3.05, 3.63) is 48.5 Å². The van der Waals surface area contributed by atoms with Crippen molar-refractivity contribution in [1.82, 2.24) is 9.29 Å². The van der Waals surface area contributed by atoms with Crippen LogP contribution in [-0.4, -0.2) is 42.5 Å². The van der Waals surface area contributed by atoms with Crippen LogP contribution >= 0.6 is 23.1 Å². The number of rotatable bonds is 8. The Morgan fingerprint density at radius 2 is 1.89 bits per heavy atom. The zero-order valence-electron chi connectivity index (χ0n) is 15.6. The number of hydrogen-bond acceptors (Lipinski definition) is 6. The number of sulfonamides is 1. The first-order valence-corrected chi connectivity index (χ1v) is 12.1. The van der Waals surface area contributed by atoms with Crippen molar-refractivity contribution in [3.63, 3.8) is 0 Å². The first kappa shape index (κ1) is 20.8. The summed E-state index contributed by atoms with van der Waals surface area (Å²) in [6.07, 6.45) is 0. The van der Waals surface area contributed by atoms with E-state index in [9.17, 15) is 13.2 Å². The van der Waals surface area contributed by atoms with E-state index in [1.54, 1.807) is 43.4 Å². The van der Waals surface area contributed by atoms with Crippen molar-refractivity contribution in [1.29, 1.82) is 0 Å². The number of fused-ring (bicyclic) bond motifs is 1. The standard InChI is InChI=1S/C19H21N3O3S3/c1-3-22(4-2)28(24,25)15-9-7-8-14(12-15)20-18(23)13-26-19-21-16-10-5-6-11-17(16)27-19/h5-12H,3-4,13H2,1-2H3,(H,20,23). The summed E-state index contributed by atoms with van der Waals surface area (Å²) in [5.41, 5.74) is 1.38. The molecule has 0 radical (unpaired) electrons. The maximum Gasteiger partial charge on any atom is 0.243 e. The minimum atomic E-state index is -3.56. The Morgan fingerprint density at radius 3 is 2.61 bits per heavy atom. The summed E-state index contributed by atoms with van der Waals surface area (Å²) in [5.74, 6) is -0.00558. The number of amides is 1. The maximum absolute atomic E-state index is 12.6. The predicted molar refractivity (Wildman–Crippen MR) is 116 cm³/mol. The number of hydrogen-bond donors (Lipinski definition) is 1. The lowest BCUT2D eigenvalue weighted by molar-refractivity contribution is -0.113. The molecule has 0 saturated carbocycles. The topological polar surface area (TPSA) is 79.4 Å². The molecule has 0 aliphatic heterocycles. The highest BCUT2D eigenvalue weighted by Crippen LogP contribution is 2.29. The lowest BCUT2D eigenvalue weighted by atomic mass is 10.3. The maximum atomic E-state index is 12.6. The molecule has 2 aromatic carbocycles. The highest BCUT2D eigenvalue weighted by molar-refractivity contribution is 8.01. The van der Waals surface area contributed by atoms with Crippen LogP contribution in [-0.2, 0) is 14.8 Å². The fraction of sp³-hybridized carbons (Fsp3) is 0.263. The van der Waals surface area contributed by atoms with Crippen molar-refractivity contribution in [2.24, 2.45) is 0 Å². The first-order valence-electron chi connectivity index (χ1n) is 8.82. The van der Waals surface area contributed by atoms with Crippen molar-refractivity contribution >= 4 is 54.9 Å². The molecular weight excluding hydrogens is 414 g/mol. The molecule has 0 unspecified atom stereocenters. The molecule has 0 bridgehead atoms. The summed E-state index contributed by atoms with van der Waals surface area (Å²) >= 11 is 2.91. The minimum Gasteiger partial charge on any atom is -0.325 e. The number of para-hydroxylation sites is 1. The fourth-order valence-electron chi connectivity index (χ4n) is 2.68. The molecule has 6 nitrogen and oxygen atoms in total. The van der Waals surface area contributed by atoms with Gasteiger partial charge >= 0.3 is 0 Å². The third kappa shape index (κ3) is 4.72. The highest BCUT2D eigenvalue weighted by Gasteiger charge is 2.21. The Labute approximate surface area is 173 Å². The number of carbonyl (C=O) groups excluding carboxylic acids is 1. The minimum absolute atomic E-state index is 0.174. The van der Waals surface area contributed by atoms with Gasteiger partial charge in [0.1, 0.15) is 0 Å². The summed E-state index contributed by atoms with van der Waals surface area (Å²) in [6, 6.07) is 14.2. The molecular formula is C19H21N3O3S3. The van der Waals surface area contributed by atoms with Crippen LogP contribution in [0.1, 0.15) is 13.8 Å². The average molecular weight is 436 g/mol. The Hall–Kier alpha value is -1.94. The second kappa shape index (κ2) is 9.04. The number of anilines is 1. The molecule has 0 spiro atoms. The van der Waals surface area contributed by atoms with Crippen molar-refractivity contribution in [2.45, 2.75) is 23.1 Å². The Kier molecular flexibility index (Phi) is 6.71. The van der Waals surface area contributed by atoms with E-state index in [4.69, 9.17) is 0 Å². The summed E-state index contributed by atoms with van der Waals surface area (Å²) in [6.45, 7) is 4.39. The van der Waals surface area contributed by atoms with Crippen molar-refractivity contribution < 1.29 is 13.2 Å². The van der Waals surface area contributed by atoms with E-state index >= 15 is 0 Å². The van der Waals surface area contributed by atoms with Gasteiger partial charge in [-0.05, 0) is 30.3 Å². The predicted octanol–water partition coefficient (Wildman–Crippen LogP) is 4.06. The normalized spacial score (nSPS) is 11.8. The number of thiazole rings is 1. The van der Waals surface area contributed by atoms with E-state index in [2.05, 4.69) is 10.3 Å². The Bertz CT molecular complexity index is 1040. The SMILES string of the molecule is CCN(CC)S(=O)(=O)c1cccc(NC(=O)CSc2nc3ccccc3s2)c1. The number of nitrogens with one attached hydrogen (secondary N) is 1. The molecule has 0 fully saturated rings. The lowest BCUT2D eigenvalue weighted by Gasteiger charge is -2.18. The van der Waals surface area contributed by atoms with Gasteiger partial charge in [0.25, 0.3) is 0 Å². The van der Waals surface area contributed by atoms with Gasteiger partial charge in [0.2, 0.25) is 15.9 Å². The van der Waals surface area contributed by atoms with E-state index in [0.29, 0.717) is 18.8 Å². The summed E-state index contributed by atoms with van der Waals surface area (Å²) in [7, 11) is -3.56. The Morgan fingerprint density at radius 1 is 1.14 bits per heavy atom. The van der Waals surface area contributed by atoms with Crippen molar-refractivity contribution in [2.75, 3.05) is 24.2 Å². The van der Waals surface area contributed by atoms with E-state index in [1.807, 2.05) is 24.3 Å². The summed E-state index contributed by atoms with van der Waals surface area (Å²) in [5, 5.41) is 2.77. The molecule has 0 aliphatic carbocycles. The number of thioether (sulfide) groups is 1. The molecule has 148 valence electrons. The van der Waals surface area contributed by atoms with Gasteiger partial charge < -0.3 is 5.32 Å². The summed E-state index contributed by atoms with van der Waals surface area (Å²) in [4.78, 5) is 17.0. The molecule has 0 saturated heterocycles.